The highest BCUT2D eigenvalue weighted by molar-refractivity contribution is 7.18. The zero-order chi connectivity index (χ0) is 15.0. The molecule has 0 amide bonds. The average molecular weight is 310 g/mol. The normalized spacial score (nSPS) is 12.0. The number of thiazole rings is 1. The Morgan fingerprint density at radius 2 is 1.86 bits per heavy atom. The number of hydrogen-bond donors (Lipinski definition) is 1. The van der Waals surface area contributed by atoms with Gasteiger partial charge in [0, 0.05) is 6.42 Å². The van der Waals surface area contributed by atoms with Gasteiger partial charge in [-0.2, -0.15) is 13.2 Å². The Morgan fingerprint density at radius 3 is 2.57 bits per heavy atom. The van der Waals surface area contributed by atoms with Gasteiger partial charge in [0.25, 0.3) is 0 Å². The molecule has 21 heavy (non-hydrogen) atoms. The Morgan fingerprint density at radius 1 is 1.10 bits per heavy atom. The van der Waals surface area contributed by atoms with Crippen molar-refractivity contribution in [3.8, 4) is 0 Å². The molecule has 3 aromatic rings. The maximum absolute atomic E-state index is 12.7. The van der Waals surface area contributed by atoms with E-state index in [4.69, 9.17) is 5.73 Å². The summed E-state index contributed by atoms with van der Waals surface area (Å²) in [5, 5.41) is 0.683. The molecule has 0 aliphatic heterocycles. The van der Waals surface area contributed by atoms with Gasteiger partial charge in [0.2, 0.25) is 5.95 Å². The zero-order valence-electron chi connectivity index (χ0n) is 10.6. The highest BCUT2D eigenvalue weighted by Gasteiger charge is 2.33. The van der Waals surface area contributed by atoms with Crippen molar-refractivity contribution in [1.82, 2.24) is 15.0 Å². The van der Waals surface area contributed by atoms with E-state index >= 15 is 0 Å². The molecule has 0 spiro atoms. The fourth-order valence-electron chi connectivity index (χ4n) is 1.90. The van der Waals surface area contributed by atoms with Gasteiger partial charge in [0.05, 0.1) is 20.9 Å². The van der Waals surface area contributed by atoms with Crippen molar-refractivity contribution in [2.45, 2.75) is 12.6 Å². The van der Waals surface area contributed by atoms with E-state index in [-0.39, 0.29) is 18.1 Å². The molecule has 4 nitrogen and oxygen atoms in total. The van der Waals surface area contributed by atoms with Gasteiger partial charge in [-0.25, -0.2) is 15.0 Å². The third-order valence-electron chi connectivity index (χ3n) is 2.76. The minimum atomic E-state index is -4.54. The molecule has 0 aliphatic carbocycles. The summed E-state index contributed by atoms with van der Waals surface area (Å²) >= 11 is 1.42. The Bertz CT molecular complexity index is 764. The van der Waals surface area contributed by atoms with Gasteiger partial charge in [-0.3, -0.25) is 0 Å². The number of anilines is 1. The molecule has 2 aromatic heterocycles. The monoisotopic (exact) mass is 310 g/mol. The first-order valence-electron chi connectivity index (χ1n) is 5.97. The van der Waals surface area contributed by atoms with Gasteiger partial charge in [-0.15, -0.1) is 11.3 Å². The molecule has 0 radical (unpaired) electrons. The fraction of sp³-hybridized carbons (Fsp3) is 0.154. The number of alkyl halides is 3. The molecule has 0 aliphatic rings. The van der Waals surface area contributed by atoms with Gasteiger partial charge >= 0.3 is 6.18 Å². The molecule has 0 bridgehead atoms. The second-order valence-electron chi connectivity index (χ2n) is 4.35. The number of hydrogen-bond acceptors (Lipinski definition) is 5. The molecule has 0 saturated carbocycles. The van der Waals surface area contributed by atoms with Crippen LogP contribution in [-0.2, 0) is 12.6 Å². The van der Waals surface area contributed by atoms with E-state index in [1.807, 2.05) is 24.3 Å². The van der Waals surface area contributed by atoms with E-state index in [1.54, 1.807) is 0 Å². The summed E-state index contributed by atoms with van der Waals surface area (Å²) < 4.78 is 39.1. The summed E-state index contributed by atoms with van der Waals surface area (Å²) in [4.78, 5) is 11.4. The number of fused-ring (bicyclic) bond motifs is 1. The van der Waals surface area contributed by atoms with Crippen molar-refractivity contribution in [2.24, 2.45) is 0 Å². The summed E-state index contributed by atoms with van der Waals surface area (Å²) in [7, 11) is 0. The van der Waals surface area contributed by atoms with Crippen molar-refractivity contribution in [2.75, 3.05) is 5.73 Å². The zero-order valence-corrected chi connectivity index (χ0v) is 11.4. The smallest absolute Gasteiger partial charge is 0.368 e. The van der Waals surface area contributed by atoms with E-state index in [1.165, 1.54) is 11.3 Å². The maximum atomic E-state index is 12.7. The first-order chi connectivity index (χ1) is 9.91. The van der Waals surface area contributed by atoms with Crippen LogP contribution in [0.5, 0.6) is 0 Å². The van der Waals surface area contributed by atoms with Crippen LogP contribution in [0.3, 0.4) is 0 Å². The third kappa shape index (κ3) is 2.94. The molecular formula is C13H9F3N4S. The number of benzene rings is 1. The topological polar surface area (TPSA) is 64.7 Å². The number of nitrogen functional groups attached to an aromatic ring is 1. The molecule has 0 saturated heterocycles. The molecule has 0 unspecified atom stereocenters. The van der Waals surface area contributed by atoms with E-state index in [0.717, 1.165) is 16.3 Å². The predicted molar refractivity (Wildman–Crippen MR) is 73.9 cm³/mol. The number of nitrogens with two attached hydrogens (primary N) is 1. The predicted octanol–water partition coefficient (Wildman–Crippen LogP) is 3.28. The SMILES string of the molecule is Nc1nc(Cc2nc3ccccc3s2)cc(C(F)(F)F)n1. The van der Waals surface area contributed by atoms with Crippen LogP contribution in [0, 0.1) is 0 Å². The Labute approximate surface area is 121 Å². The Balaban J connectivity index is 1.95. The summed E-state index contributed by atoms with van der Waals surface area (Å²) in [6, 6.07) is 8.41. The standard InChI is InChI=1S/C13H9F3N4S/c14-13(15,16)10-5-7(18-12(17)20-10)6-11-19-8-3-1-2-4-9(8)21-11/h1-5H,6H2,(H2,17,18,20). The van der Waals surface area contributed by atoms with Gasteiger partial charge in [0.1, 0.15) is 5.69 Å². The molecule has 2 heterocycles. The van der Waals surface area contributed by atoms with E-state index < -0.39 is 11.9 Å². The first-order valence-corrected chi connectivity index (χ1v) is 6.78. The van der Waals surface area contributed by atoms with Crippen LogP contribution in [0.4, 0.5) is 19.1 Å². The molecule has 8 heteroatoms. The number of rotatable bonds is 2. The van der Waals surface area contributed by atoms with Crippen LogP contribution in [0.25, 0.3) is 10.2 Å². The van der Waals surface area contributed by atoms with Crippen molar-refractivity contribution in [3.05, 3.63) is 46.7 Å². The Kier molecular flexibility index (Phi) is 3.25. The van der Waals surface area contributed by atoms with Crippen LogP contribution in [0.15, 0.2) is 30.3 Å². The molecule has 0 atom stereocenters. The Hall–Kier alpha value is -2.22. The van der Waals surface area contributed by atoms with Crippen LogP contribution in [-0.4, -0.2) is 15.0 Å². The molecule has 0 fully saturated rings. The number of aromatic nitrogens is 3. The number of nitrogens with zero attached hydrogens (tertiary/aromatic N) is 3. The molecule has 1 aromatic carbocycles. The quantitative estimate of drug-likeness (QED) is 0.789. The summed E-state index contributed by atoms with van der Waals surface area (Å²) in [5.41, 5.74) is 5.33. The van der Waals surface area contributed by atoms with Crippen LogP contribution in [0.2, 0.25) is 0 Å². The lowest BCUT2D eigenvalue weighted by molar-refractivity contribution is -0.141. The lowest BCUT2D eigenvalue weighted by Crippen LogP contribution is -2.12. The van der Waals surface area contributed by atoms with Crippen molar-refractivity contribution in [1.29, 1.82) is 0 Å². The highest BCUT2D eigenvalue weighted by atomic mass is 32.1. The molecule has 2 N–H and O–H groups in total. The fourth-order valence-corrected chi connectivity index (χ4v) is 2.89. The second-order valence-corrected chi connectivity index (χ2v) is 5.47. The second kappa shape index (κ2) is 4.96. The maximum Gasteiger partial charge on any atom is 0.433 e. The lowest BCUT2D eigenvalue weighted by atomic mass is 10.2. The lowest BCUT2D eigenvalue weighted by Gasteiger charge is -2.07. The first kappa shape index (κ1) is 13.7. The van der Waals surface area contributed by atoms with E-state index in [9.17, 15) is 13.2 Å². The van der Waals surface area contributed by atoms with Gasteiger partial charge in [-0.1, -0.05) is 12.1 Å². The van der Waals surface area contributed by atoms with Crippen LogP contribution in [0.1, 0.15) is 16.4 Å². The largest absolute Gasteiger partial charge is 0.433 e. The number of halogens is 3. The minimum absolute atomic E-state index is 0.190. The van der Waals surface area contributed by atoms with Crippen LogP contribution < -0.4 is 5.73 Å². The van der Waals surface area contributed by atoms with Gasteiger partial charge in [0.15, 0.2) is 0 Å². The van der Waals surface area contributed by atoms with Crippen molar-refractivity contribution < 1.29 is 13.2 Å². The van der Waals surface area contributed by atoms with Crippen molar-refractivity contribution >= 4 is 27.5 Å². The number of para-hydroxylation sites is 1. The van der Waals surface area contributed by atoms with Crippen LogP contribution >= 0.6 is 11.3 Å². The van der Waals surface area contributed by atoms with Gasteiger partial charge < -0.3 is 5.73 Å². The van der Waals surface area contributed by atoms with Gasteiger partial charge in [-0.05, 0) is 18.2 Å². The molecule has 3 rings (SSSR count). The van der Waals surface area contributed by atoms with E-state index in [0.29, 0.717) is 5.01 Å². The summed E-state index contributed by atoms with van der Waals surface area (Å²) in [5.74, 6) is -0.388. The van der Waals surface area contributed by atoms with Crippen molar-refractivity contribution in [3.63, 3.8) is 0 Å². The molecular weight excluding hydrogens is 301 g/mol. The minimum Gasteiger partial charge on any atom is -0.368 e. The highest BCUT2D eigenvalue weighted by Crippen LogP contribution is 2.29. The third-order valence-corrected chi connectivity index (χ3v) is 3.79. The molecule has 108 valence electrons. The van der Waals surface area contributed by atoms with E-state index in [2.05, 4.69) is 15.0 Å². The average Bonchev–Trinajstić information content (AvgIpc) is 2.79. The summed E-state index contributed by atoms with van der Waals surface area (Å²) in [6.45, 7) is 0. The summed E-state index contributed by atoms with van der Waals surface area (Å²) in [6.07, 6.45) is -4.35.